The maximum atomic E-state index is 12.2. The summed E-state index contributed by atoms with van der Waals surface area (Å²) in [5, 5.41) is 3.05. The Kier molecular flexibility index (Phi) is 5.31. The summed E-state index contributed by atoms with van der Waals surface area (Å²) in [6, 6.07) is 8.54. The number of fused-ring (bicyclic) bond motifs is 1. The van der Waals surface area contributed by atoms with Crippen molar-refractivity contribution in [3.63, 3.8) is 0 Å². The van der Waals surface area contributed by atoms with Gasteiger partial charge in [-0.15, -0.1) is 0 Å². The molecule has 0 radical (unpaired) electrons. The first-order valence-electron chi connectivity index (χ1n) is 8.86. The minimum atomic E-state index is -0.0247. The Morgan fingerprint density at radius 2 is 2.00 bits per heavy atom. The Hall–Kier alpha value is -1.84. The van der Waals surface area contributed by atoms with Crippen LogP contribution >= 0.6 is 0 Å². The summed E-state index contributed by atoms with van der Waals surface area (Å²) in [5.41, 5.74) is 2.80. The maximum absolute atomic E-state index is 12.2. The minimum Gasteiger partial charge on any atom is -0.354 e. The molecule has 1 N–H and O–H groups in total. The van der Waals surface area contributed by atoms with Gasteiger partial charge in [0, 0.05) is 25.4 Å². The number of amides is 2. The van der Waals surface area contributed by atoms with E-state index in [2.05, 4.69) is 29.6 Å². The lowest BCUT2D eigenvalue weighted by Gasteiger charge is -2.26. The largest absolute Gasteiger partial charge is 0.354 e. The molecule has 1 aliphatic heterocycles. The van der Waals surface area contributed by atoms with Crippen LogP contribution in [0.5, 0.6) is 0 Å². The molecular formula is C19H26N2O2. The van der Waals surface area contributed by atoms with E-state index >= 15 is 0 Å². The molecule has 4 nitrogen and oxygen atoms in total. The Morgan fingerprint density at radius 1 is 1.13 bits per heavy atom. The Bertz CT molecular complexity index is 570. The van der Waals surface area contributed by atoms with E-state index in [1.165, 1.54) is 17.5 Å². The van der Waals surface area contributed by atoms with E-state index in [1.807, 2.05) is 0 Å². The van der Waals surface area contributed by atoms with Crippen LogP contribution in [0.4, 0.5) is 0 Å². The fourth-order valence-electron chi connectivity index (χ4n) is 3.74. The summed E-state index contributed by atoms with van der Waals surface area (Å²) in [6.45, 7) is 1.61. The highest BCUT2D eigenvalue weighted by molar-refractivity contribution is 5.84. The van der Waals surface area contributed by atoms with Crippen molar-refractivity contribution >= 4 is 11.8 Å². The molecule has 4 heteroatoms. The predicted molar refractivity (Wildman–Crippen MR) is 90.2 cm³/mol. The molecule has 2 amide bonds. The molecule has 1 unspecified atom stereocenters. The van der Waals surface area contributed by atoms with Gasteiger partial charge < -0.3 is 10.2 Å². The van der Waals surface area contributed by atoms with E-state index in [4.69, 9.17) is 0 Å². The van der Waals surface area contributed by atoms with Gasteiger partial charge >= 0.3 is 0 Å². The van der Waals surface area contributed by atoms with E-state index in [-0.39, 0.29) is 18.4 Å². The van der Waals surface area contributed by atoms with Crippen LogP contribution in [0.3, 0.4) is 0 Å². The average Bonchev–Trinajstić information content (AvgIpc) is 2.77. The van der Waals surface area contributed by atoms with E-state index in [1.54, 1.807) is 4.90 Å². The van der Waals surface area contributed by atoms with Gasteiger partial charge in [0.25, 0.3) is 0 Å². The monoisotopic (exact) mass is 314 g/mol. The molecule has 2 aliphatic rings. The van der Waals surface area contributed by atoms with Gasteiger partial charge in [0.2, 0.25) is 11.8 Å². The van der Waals surface area contributed by atoms with Gasteiger partial charge in [-0.1, -0.05) is 30.7 Å². The molecule has 3 rings (SSSR count). The van der Waals surface area contributed by atoms with Gasteiger partial charge in [0.15, 0.2) is 0 Å². The zero-order chi connectivity index (χ0) is 16.1. The van der Waals surface area contributed by atoms with Crippen molar-refractivity contribution in [2.75, 3.05) is 19.6 Å². The van der Waals surface area contributed by atoms with Crippen LogP contribution in [-0.4, -0.2) is 36.3 Å². The molecule has 1 saturated heterocycles. The second-order valence-electron chi connectivity index (χ2n) is 6.72. The molecular weight excluding hydrogens is 288 g/mol. The summed E-state index contributed by atoms with van der Waals surface area (Å²) in [5.74, 6) is 0.507. The van der Waals surface area contributed by atoms with Gasteiger partial charge in [-0.3, -0.25) is 9.59 Å². The average molecular weight is 314 g/mol. The number of likely N-dealkylation sites (tertiary alicyclic amines) is 1. The van der Waals surface area contributed by atoms with Crippen molar-refractivity contribution in [3.8, 4) is 0 Å². The lowest BCUT2D eigenvalue weighted by Crippen LogP contribution is -2.41. The number of nitrogens with zero attached hydrogens (tertiary/aromatic N) is 1. The zero-order valence-electron chi connectivity index (χ0n) is 13.7. The first kappa shape index (κ1) is 16.0. The number of carbonyl (C=O) groups is 2. The van der Waals surface area contributed by atoms with Gasteiger partial charge in [0.05, 0.1) is 6.54 Å². The van der Waals surface area contributed by atoms with Crippen LogP contribution in [0.15, 0.2) is 24.3 Å². The highest BCUT2D eigenvalue weighted by atomic mass is 16.2. The van der Waals surface area contributed by atoms with Crippen molar-refractivity contribution < 1.29 is 9.59 Å². The molecule has 0 bridgehead atoms. The second-order valence-corrected chi connectivity index (χ2v) is 6.72. The third-order valence-corrected chi connectivity index (χ3v) is 5.05. The van der Waals surface area contributed by atoms with Crippen molar-refractivity contribution in [1.29, 1.82) is 0 Å². The number of carbonyl (C=O) groups excluding carboxylic acids is 2. The van der Waals surface area contributed by atoms with Gasteiger partial charge in [-0.2, -0.15) is 0 Å². The van der Waals surface area contributed by atoms with Gasteiger partial charge in [0.1, 0.15) is 0 Å². The quantitative estimate of drug-likeness (QED) is 0.929. The minimum absolute atomic E-state index is 0.0247. The predicted octanol–water partition coefficient (Wildman–Crippen LogP) is 2.63. The number of rotatable bonds is 4. The van der Waals surface area contributed by atoms with Crippen molar-refractivity contribution in [1.82, 2.24) is 10.2 Å². The van der Waals surface area contributed by atoms with E-state index in [9.17, 15) is 9.59 Å². The summed E-state index contributed by atoms with van der Waals surface area (Å²) in [6.07, 6.45) is 7.09. The summed E-state index contributed by atoms with van der Waals surface area (Å²) in [7, 11) is 0. The first-order valence-corrected chi connectivity index (χ1v) is 8.86. The van der Waals surface area contributed by atoms with E-state index in [0.29, 0.717) is 18.9 Å². The lowest BCUT2D eigenvalue weighted by molar-refractivity contribution is -0.135. The number of hydrogen-bond acceptors (Lipinski definition) is 2. The summed E-state index contributed by atoms with van der Waals surface area (Å²) in [4.78, 5) is 25.9. The third kappa shape index (κ3) is 4.12. The van der Waals surface area contributed by atoms with Crippen LogP contribution in [-0.2, 0) is 16.0 Å². The Balaban J connectivity index is 1.52. The SMILES string of the molecule is O=C(CN1CCCCCC1=O)NCC1CCCc2ccccc21. The molecule has 1 aromatic rings. The summed E-state index contributed by atoms with van der Waals surface area (Å²) < 4.78 is 0. The fourth-order valence-corrected chi connectivity index (χ4v) is 3.74. The third-order valence-electron chi connectivity index (χ3n) is 5.05. The van der Waals surface area contributed by atoms with Crippen LogP contribution < -0.4 is 5.32 Å². The number of hydrogen-bond donors (Lipinski definition) is 1. The molecule has 0 spiro atoms. The molecule has 0 saturated carbocycles. The Morgan fingerprint density at radius 3 is 2.91 bits per heavy atom. The van der Waals surface area contributed by atoms with Crippen LogP contribution in [0.25, 0.3) is 0 Å². The van der Waals surface area contributed by atoms with Crippen molar-refractivity contribution in [2.24, 2.45) is 0 Å². The van der Waals surface area contributed by atoms with Crippen LogP contribution in [0, 0.1) is 0 Å². The maximum Gasteiger partial charge on any atom is 0.239 e. The molecule has 1 heterocycles. The molecule has 1 atom stereocenters. The van der Waals surface area contributed by atoms with Gasteiger partial charge in [-0.05, 0) is 43.2 Å². The molecule has 1 aromatic carbocycles. The van der Waals surface area contributed by atoms with E-state index in [0.717, 1.165) is 38.6 Å². The fraction of sp³-hybridized carbons (Fsp3) is 0.579. The topological polar surface area (TPSA) is 49.4 Å². The van der Waals surface area contributed by atoms with Crippen LogP contribution in [0.1, 0.15) is 55.6 Å². The highest BCUT2D eigenvalue weighted by Crippen LogP contribution is 2.30. The van der Waals surface area contributed by atoms with Crippen molar-refractivity contribution in [2.45, 2.75) is 50.9 Å². The normalized spacial score (nSPS) is 21.5. The zero-order valence-corrected chi connectivity index (χ0v) is 13.7. The second kappa shape index (κ2) is 7.62. The standard InChI is InChI=1S/C19H26N2O2/c22-18(14-21-12-5-1-2-11-19(21)23)20-13-16-9-6-8-15-7-3-4-10-17(15)16/h3-4,7,10,16H,1-2,5-6,8-9,11-14H2,(H,20,22). The number of nitrogens with one attached hydrogen (secondary N) is 1. The van der Waals surface area contributed by atoms with Crippen LogP contribution in [0.2, 0.25) is 0 Å². The highest BCUT2D eigenvalue weighted by Gasteiger charge is 2.22. The summed E-state index contributed by atoms with van der Waals surface area (Å²) >= 11 is 0. The molecule has 0 aromatic heterocycles. The number of aryl methyl sites for hydroxylation is 1. The Labute approximate surface area is 138 Å². The molecule has 124 valence electrons. The van der Waals surface area contributed by atoms with E-state index < -0.39 is 0 Å². The molecule has 1 aliphatic carbocycles. The first-order chi connectivity index (χ1) is 11.2. The van der Waals surface area contributed by atoms with Crippen molar-refractivity contribution in [3.05, 3.63) is 35.4 Å². The number of benzene rings is 1. The van der Waals surface area contributed by atoms with Gasteiger partial charge in [-0.25, -0.2) is 0 Å². The molecule has 1 fully saturated rings. The smallest absolute Gasteiger partial charge is 0.239 e. The molecule has 23 heavy (non-hydrogen) atoms. The lowest BCUT2D eigenvalue weighted by atomic mass is 9.83.